The maximum absolute atomic E-state index is 2.62. The van der Waals surface area contributed by atoms with Crippen LogP contribution in [0.25, 0.3) is 11.1 Å². The molecule has 60 heavy (non-hydrogen) atoms. The molecule has 2 nitrogen and oxygen atoms in total. The van der Waals surface area contributed by atoms with Gasteiger partial charge in [-0.1, -0.05) is 171 Å². The second kappa shape index (κ2) is 14.0. The zero-order chi connectivity index (χ0) is 43.5. The number of hydrogen-bond donors (Lipinski definition) is 0. The third-order valence-corrected chi connectivity index (χ3v) is 13.1. The minimum atomic E-state index is -0.0606. The van der Waals surface area contributed by atoms with E-state index >= 15 is 0 Å². The molecule has 2 heterocycles. The van der Waals surface area contributed by atoms with E-state index in [9.17, 15) is 0 Å². The standard InChI is InChI=1S/C57H67BN2/c1-36-29-50-52-51(30-36)60(45-32-38(31-43(33-45)57(14,15)16)37-17-19-39(20-18-37)53(2,3)4)49-35-42(56(11,12)13)23-27-46(49)58(52)47-34-41(55(8,9)10)24-28-48(47)59(50)44-25-21-40(22-26-44)54(5,6)7/h17-35H,1-16H3. The van der Waals surface area contributed by atoms with Gasteiger partial charge in [0.05, 0.1) is 0 Å². The average molecular weight is 791 g/mol. The third-order valence-electron chi connectivity index (χ3n) is 13.1. The highest BCUT2D eigenvalue weighted by molar-refractivity contribution is 7.00. The molecule has 0 unspecified atom stereocenters. The van der Waals surface area contributed by atoms with Gasteiger partial charge in [0, 0.05) is 34.1 Å². The van der Waals surface area contributed by atoms with Crippen molar-refractivity contribution >= 4 is 57.2 Å². The minimum absolute atomic E-state index is 0.000888. The number of benzene rings is 6. The van der Waals surface area contributed by atoms with Gasteiger partial charge in [0.1, 0.15) is 0 Å². The molecular formula is C57H67BN2. The van der Waals surface area contributed by atoms with Crippen molar-refractivity contribution < 1.29 is 0 Å². The van der Waals surface area contributed by atoms with Gasteiger partial charge in [0.15, 0.2) is 0 Å². The summed E-state index contributed by atoms with van der Waals surface area (Å²) in [4.78, 5) is 5.17. The van der Waals surface area contributed by atoms with E-state index in [1.165, 1.54) is 95.0 Å². The van der Waals surface area contributed by atoms with Crippen molar-refractivity contribution in [2.45, 2.75) is 138 Å². The number of rotatable bonds is 3. The quantitative estimate of drug-likeness (QED) is 0.165. The second-order valence-corrected chi connectivity index (χ2v) is 23.0. The van der Waals surface area contributed by atoms with Crippen molar-refractivity contribution in [1.29, 1.82) is 0 Å². The molecule has 0 bridgehead atoms. The molecule has 2 aliphatic heterocycles. The largest absolute Gasteiger partial charge is 0.311 e. The van der Waals surface area contributed by atoms with E-state index in [0.717, 1.165) is 0 Å². The number of fused-ring (bicyclic) bond motifs is 4. The summed E-state index contributed by atoms with van der Waals surface area (Å²) in [6.07, 6.45) is 0. The molecule has 6 aromatic rings. The zero-order valence-corrected chi connectivity index (χ0v) is 39.4. The highest BCUT2D eigenvalue weighted by Crippen LogP contribution is 2.47. The third kappa shape index (κ3) is 7.41. The van der Waals surface area contributed by atoms with Crippen LogP contribution in [-0.4, -0.2) is 6.71 Å². The molecule has 0 N–H and O–H groups in total. The molecule has 6 aromatic carbocycles. The maximum Gasteiger partial charge on any atom is 0.252 e. The van der Waals surface area contributed by atoms with Gasteiger partial charge in [-0.25, -0.2) is 0 Å². The van der Waals surface area contributed by atoms with Crippen LogP contribution in [0.3, 0.4) is 0 Å². The molecule has 0 atom stereocenters. The number of hydrogen-bond acceptors (Lipinski definition) is 2. The van der Waals surface area contributed by atoms with Crippen molar-refractivity contribution in [2.24, 2.45) is 0 Å². The first-order valence-corrected chi connectivity index (χ1v) is 22.2. The molecule has 0 saturated heterocycles. The fourth-order valence-corrected chi connectivity index (χ4v) is 9.24. The van der Waals surface area contributed by atoms with Gasteiger partial charge >= 0.3 is 0 Å². The van der Waals surface area contributed by atoms with Gasteiger partial charge in [-0.15, -0.1) is 0 Å². The first-order valence-electron chi connectivity index (χ1n) is 22.2. The van der Waals surface area contributed by atoms with Crippen LogP contribution in [0.4, 0.5) is 34.1 Å². The smallest absolute Gasteiger partial charge is 0.252 e. The summed E-state index contributed by atoms with van der Waals surface area (Å²) in [7, 11) is 0. The fraction of sp³-hybridized carbons (Fsp3) is 0.368. The van der Waals surface area contributed by atoms with E-state index in [2.05, 4.69) is 236 Å². The molecule has 0 fully saturated rings. The summed E-state index contributed by atoms with van der Waals surface area (Å²) in [6.45, 7) is 37.2. The summed E-state index contributed by atoms with van der Waals surface area (Å²) in [5.74, 6) is 0. The Morgan fingerprint density at radius 2 is 0.800 bits per heavy atom. The van der Waals surface area contributed by atoms with Crippen molar-refractivity contribution in [3.63, 3.8) is 0 Å². The molecule has 0 aliphatic carbocycles. The summed E-state index contributed by atoms with van der Waals surface area (Å²) in [5, 5.41) is 0. The van der Waals surface area contributed by atoms with Gasteiger partial charge in [-0.3, -0.25) is 0 Å². The molecule has 0 amide bonds. The van der Waals surface area contributed by atoms with E-state index in [4.69, 9.17) is 0 Å². The monoisotopic (exact) mass is 791 g/mol. The molecule has 8 rings (SSSR count). The van der Waals surface area contributed by atoms with E-state index in [0.29, 0.717) is 0 Å². The number of aryl methyl sites for hydroxylation is 1. The van der Waals surface area contributed by atoms with Gasteiger partial charge in [0.2, 0.25) is 0 Å². The molecule has 3 heteroatoms. The fourth-order valence-electron chi connectivity index (χ4n) is 9.24. The molecular weight excluding hydrogens is 723 g/mol. The van der Waals surface area contributed by atoms with Crippen LogP contribution in [-0.2, 0) is 27.1 Å². The lowest BCUT2D eigenvalue weighted by Crippen LogP contribution is -2.61. The van der Waals surface area contributed by atoms with Crippen molar-refractivity contribution in [3.05, 3.63) is 149 Å². The summed E-state index contributed by atoms with van der Waals surface area (Å²) >= 11 is 0. The first kappa shape index (κ1) is 41.7. The number of nitrogens with zero attached hydrogens (tertiary/aromatic N) is 2. The van der Waals surface area contributed by atoms with Gasteiger partial charge in [-0.05, 0) is 143 Å². The molecule has 0 saturated carbocycles. The van der Waals surface area contributed by atoms with E-state index in [1.54, 1.807) is 0 Å². The Balaban J connectivity index is 1.45. The van der Waals surface area contributed by atoms with Crippen LogP contribution in [0.1, 0.15) is 137 Å². The Bertz CT molecular complexity index is 2610. The average Bonchev–Trinajstić information content (AvgIpc) is 3.15. The Morgan fingerprint density at radius 3 is 1.33 bits per heavy atom. The summed E-state index contributed by atoms with van der Waals surface area (Å²) in [5.41, 5.74) is 22.1. The Morgan fingerprint density at radius 1 is 0.333 bits per heavy atom. The van der Waals surface area contributed by atoms with Crippen molar-refractivity contribution in [1.82, 2.24) is 0 Å². The normalized spacial score (nSPS) is 14.2. The lowest BCUT2D eigenvalue weighted by molar-refractivity contribution is 0.589. The van der Waals surface area contributed by atoms with Gasteiger partial charge in [0.25, 0.3) is 6.71 Å². The minimum Gasteiger partial charge on any atom is -0.311 e. The molecule has 308 valence electrons. The highest BCUT2D eigenvalue weighted by atomic mass is 15.2. The van der Waals surface area contributed by atoms with Crippen LogP contribution < -0.4 is 26.2 Å². The van der Waals surface area contributed by atoms with E-state index in [1.807, 2.05) is 0 Å². The molecule has 0 radical (unpaired) electrons. The van der Waals surface area contributed by atoms with E-state index < -0.39 is 0 Å². The van der Waals surface area contributed by atoms with Crippen LogP contribution in [0.5, 0.6) is 0 Å². The Kier molecular flexibility index (Phi) is 9.74. The zero-order valence-electron chi connectivity index (χ0n) is 39.4. The Labute approximate surface area is 363 Å². The Hall–Kier alpha value is -5.02. The maximum atomic E-state index is 2.62. The highest BCUT2D eigenvalue weighted by Gasteiger charge is 2.44. The predicted octanol–water partition coefficient (Wildman–Crippen LogP) is 14.2. The SMILES string of the molecule is Cc1cc2c3c(c1)N(c1cc(-c4ccc(C(C)(C)C)cc4)cc(C(C)(C)C)c1)c1cc(C(C)(C)C)ccc1B3c1cc(C(C)(C)C)ccc1N2c1ccc(C(C)(C)C)cc1. The van der Waals surface area contributed by atoms with Crippen molar-refractivity contribution in [3.8, 4) is 11.1 Å². The lowest BCUT2D eigenvalue weighted by Gasteiger charge is -2.45. The topological polar surface area (TPSA) is 6.48 Å². The molecule has 0 aromatic heterocycles. The van der Waals surface area contributed by atoms with Crippen molar-refractivity contribution in [2.75, 3.05) is 9.80 Å². The van der Waals surface area contributed by atoms with Crippen LogP contribution in [0.2, 0.25) is 0 Å². The summed E-state index contributed by atoms with van der Waals surface area (Å²) < 4.78 is 0. The molecule has 0 spiro atoms. The summed E-state index contributed by atoms with van der Waals surface area (Å²) in [6, 6.07) is 45.5. The van der Waals surface area contributed by atoms with Crippen LogP contribution in [0.15, 0.2) is 115 Å². The number of anilines is 6. The van der Waals surface area contributed by atoms with Crippen LogP contribution in [0, 0.1) is 6.92 Å². The first-order chi connectivity index (χ1) is 27.8. The van der Waals surface area contributed by atoms with Gasteiger partial charge in [-0.2, -0.15) is 0 Å². The van der Waals surface area contributed by atoms with Gasteiger partial charge < -0.3 is 9.80 Å². The van der Waals surface area contributed by atoms with Crippen LogP contribution >= 0.6 is 0 Å². The van der Waals surface area contributed by atoms with E-state index in [-0.39, 0.29) is 33.8 Å². The lowest BCUT2D eigenvalue weighted by atomic mass is 9.33. The second-order valence-electron chi connectivity index (χ2n) is 23.0. The molecule has 2 aliphatic rings. The predicted molar refractivity (Wildman–Crippen MR) is 264 cm³/mol.